The molecular formula is C16H17LiOS. The summed E-state index contributed by atoms with van der Waals surface area (Å²) in [5.74, 6) is 0.378. The van der Waals surface area contributed by atoms with Crippen molar-refractivity contribution in [3.63, 3.8) is 0 Å². The fraction of sp³-hybridized carbons (Fsp3) is 0.188. The van der Waals surface area contributed by atoms with E-state index in [1.54, 1.807) is 17.4 Å². The third kappa shape index (κ3) is 3.54. The number of benzene rings is 2. The minimum Gasteiger partial charge on any atom is -0.506 e. The summed E-state index contributed by atoms with van der Waals surface area (Å²) < 4.78 is 2.21. The van der Waals surface area contributed by atoms with Crippen LogP contribution in [-0.2, 0) is 0 Å². The van der Waals surface area contributed by atoms with Crippen molar-refractivity contribution in [3.05, 3.63) is 49.4 Å². The van der Waals surface area contributed by atoms with E-state index >= 15 is 0 Å². The summed E-state index contributed by atoms with van der Waals surface area (Å²) in [5, 5.41) is 12.1. The van der Waals surface area contributed by atoms with Gasteiger partial charge in [-0.1, -0.05) is 43.7 Å². The molecule has 0 aliphatic rings. The molecule has 0 atom stereocenters. The minimum atomic E-state index is 0. The number of hydrogen-bond acceptors (Lipinski definition) is 2. The van der Waals surface area contributed by atoms with E-state index in [2.05, 4.69) is 26.0 Å². The zero-order chi connectivity index (χ0) is 13.0. The van der Waals surface area contributed by atoms with E-state index in [0.717, 1.165) is 16.5 Å². The van der Waals surface area contributed by atoms with Gasteiger partial charge in [-0.3, -0.25) is 0 Å². The third-order valence-electron chi connectivity index (χ3n) is 2.74. The Balaban J connectivity index is 0.000000323. The molecular weight excluding hydrogens is 247 g/mol. The molecule has 0 radical (unpaired) electrons. The summed E-state index contributed by atoms with van der Waals surface area (Å²) in [6.45, 7) is 5.72. The molecule has 0 fully saturated rings. The Morgan fingerprint density at radius 3 is 2.37 bits per heavy atom. The number of phenolic OH excluding ortho intramolecular Hbond substituents is 1. The molecule has 0 aliphatic carbocycles. The van der Waals surface area contributed by atoms with Crippen LogP contribution in [0.1, 0.15) is 19.8 Å². The van der Waals surface area contributed by atoms with Gasteiger partial charge in [-0.25, -0.2) is 0 Å². The number of aromatic hydroxyl groups is 1. The van der Waals surface area contributed by atoms with E-state index in [0.29, 0.717) is 5.75 Å². The summed E-state index contributed by atoms with van der Waals surface area (Å²) in [6, 6.07) is 13.9. The van der Waals surface area contributed by atoms with Crippen LogP contribution in [0.25, 0.3) is 20.2 Å². The Morgan fingerprint density at radius 2 is 1.68 bits per heavy atom. The molecule has 94 valence electrons. The second kappa shape index (κ2) is 7.60. The topological polar surface area (TPSA) is 20.2 Å². The Morgan fingerprint density at radius 1 is 1.05 bits per heavy atom. The number of hydrogen-bond donors (Lipinski definition) is 1. The van der Waals surface area contributed by atoms with E-state index in [-0.39, 0.29) is 18.9 Å². The maximum absolute atomic E-state index is 9.68. The second-order valence-corrected chi connectivity index (χ2v) is 5.16. The summed E-state index contributed by atoms with van der Waals surface area (Å²) in [6.07, 6.45) is 2.28. The van der Waals surface area contributed by atoms with Crippen LogP contribution in [0.5, 0.6) is 5.75 Å². The van der Waals surface area contributed by atoms with Gasteiger partial charge in [0.2, 0.25) is 0 Å². The number of rotatable bonds is 1. The first kappa shape index (κ1) is 16.1. The largest absolute Gasteiger partial charge is 1.00 e. The first-order chi connectivity index (χ1) is 8.77. The van der Waals surface area contributed by atoms with Gasteiger partial charge in [0, 0.05) is 15.5 Å². The van der Waals surface area contributed by atoms with E-state index in [4.69, 9.17) is 0 Å². The van der Waals surface area contributed by atoms with Crippen molar-refractivity contribution in [2.45, 2.75) is 19.8 Å². The van der Waals surface area contributed by atoms with Crippen molar-refractivity contribution < 1.29 is 24.0 Å². The Bertz CT molecular complexity index is 643. The Labute approximate surface area is 130 Å². The average Bonchev–Trinajstić information content (AvgIpc) is 2.80. The van der Waals surface area contributed by atoms with Crippen molar-refractivity contribution >= 4 is 31.5 Å². The molecule has 0 unspecified atom stereocenters. The second-order valence-electron chi connectivity index (χ2n) is 4.11. The van der Waals surface area contributed by atoms with Gasteiger partial charge in [0.25, 0.3) is 0 Å². The van der Waals surface area contributed by atoms with Crippen LogP contribution in [0.2, 0.25) is 0 Å². The molecule has 1 nitrogen and oxygen atoms in total. The predicted molar refractivity (Wildman–Crippen MR) is 81.3 cm³/mol. The average molecular weight is 264 g/mol. The van der Waals surface area contributed by atoms with E-state index in [1.165, 1.54) is 16.5 Å². The summed E-state index contributed by atoms with van der Waals surface area (Å²) in [4.78, 5) is 0. The SMILES string of the molecule is Oc1cccc2c1sc1ccccc12.[CH2-]CCC.[Li+]. The van der Waals surface area contributed by atoms with Gasteiger partial charge < -0.3 is 12.0 Å². The molecule has 1 N–H and O–H groups in total. The number of phenols is 1. The molecule has 0 saturated carbocycles. The van der Waals surface area contributed by atoms with Crippen LogP contribution in [0, 0.1) is 6.92 Å². The Hall–Kier alpha value is -0.943. The fourth-order valence-corrected chi connectivity index (χ4v) is 2.85. The maximum atomic E-state index is 9.68. The summed E-state index contributed by atoms with van der Waals surface area (Å²) >= 11 is 1.64. The number of unbranched alkanes of at least 4 members (excludes halogenated alkanes) is 1. The molecule has 0 bridgehead atoms. The zero-order valence-corrected chi connectivity index (χ0v) is 12.3. The third-order valence-corrected chi connectivity index (χ3v) is 3.95. The van der Waals surface area contributed by atoms with Crippen LogP contribution in [0.15, 0.2) is 42.5 Å². The minimum absolute atomic E-state index is 0. The zero-order valence-electron chi connectivity index (χ0n) is 11.5. The quantitative estimate of drug-likeness (QED) is 0.528. The molecule has 0 spiro atoms. The van der Waals surface area contributed by atoms with Gasteiger partial charge in [-0.15, -0.1) is 11.3 Å². The van der Waals surface area contributed by atoms with Gasteiger partial charge in [0.05, 0.1) is 4.70 Å². The molecule has 3 aromatic rings. The summed E-state index contributed by atoms with van der Waals surface area (Å²) in [5.41, 5.74) is 0. The van der Waals surface area contributed by atoms with Gasteiger partial charge >= 0.3 is 18.9 Å². The predicted octanol–water partition coefficient (Wildman–Crippen LogP) is 2.38. The van der Waals surface area contributed by atoms with Gasteiger partial charge in [0.15, 0.2) is 0 Å². The molecule has 0 aliphatic heterocycles. The molecule has 19 heavy (non-hydrogen) atoms. The van der Waals surface area contributed by atoms with Crippen molar-refractivity contribution in [2.24, 2.45) is 0 Å². The van der Waals surface area contributed by atoms with Crippen LogP contribution in [0.3, 0.4) is 0 Å². The van der Waals surface area contributed by atoms with E-state index in [1.807, 2.05) is 24.3 Å². The van der Waals surface area contributed by atoms with Crippen LogP contribution in [0.4, 0.5) is 0 Å². The molecule has 1 aromatic heterocycles. The molecule has 3 rings (SSSR count). The maximum Gasteiger partial charge on any atom is 1.00 e. The van der Waals surface area contributed by atoms with Crippen LogP contribution >= 0.6 is 11.3 Å². The first-order valence-corrected chi connectivity index (χ1v) is 6.98. The smallest absolute Gasteiger partial charge is 0.506 e. The van der Waals surface area contributed by atoms with Crippen molar-refractivity contribution in [1.82, 2.24) is 0 Å². The standard InChI is InChI=1S/C12H8OS.C4H9.Li/c13-10-6-3-5-9-8-4-1-2-7-11(8)14-12(9)10;1-3-4-2;/h1-7,13H;1,3-4H2,2H3;/q;-1;+1. The van der Waals surface area contributed by atoms with E-state index in [9.17, 15) is 5.11 Å². The van der Waals surface area contributed by atoms with Gasteiger partial charge in [0.1, 0.15) is 5.75 Å². The Kier molecular flexibility index (Phi) is 6.44. The normalized spacial score (nSPS) is 9.79. The van der Waals surface area contributed by atoms with Crippen LogP contribution < -0.4 is 18.9 Å². The van der Waals surface area contributed by atoms with Crippen molar-refractivity contribution in [2.75, 3.05) is 0 Å². The molecule has 0 saturated heterocycles. The molecule has 2 aromatic carbocycles. The first-order valence-electron chi connectivity index (χ1n) is 6.16. The number of thiophene rings is 1. The molecule has 1 heterocycles. The van der Waals surface area contributed by atoms with E-state index < -0.39 is 0 Å². The van der Waals surface area contributed by atoms with Crippen LogP contribution in [-0.4, -0.2) is 5.11 Å². The van der Waals surface area contributed by atoms with Gasteiger partial charge in [-0.05, 0) is 12.1 Å². The van der Waals surface area contributed by atoms with Crippen molar-refractivity contribution in [3.8, 4) is 5.75 Å². The number of fused-ring (bicyclic) bond motifs is 3. The monoisotopic (exact) mass is 264 g/mol. The van der Waals surface area contributed by atoms with Crippen molar-refractivity contribution in [1.29, 1.82) is 0 Å². The van der Waals surface area contributed by atoms with Gasteiger partial charge in [-0.2, -0.15) is 6.42 Å². The molecule has 3 heteroatoms. The summed E-state index contributed by atoms with van der Waals surface area (Å²) in [7, 11) is 0. The molecule has 0 amide bonds. The fourth-order valence-electron chi connectivity index (χ4n) is 1.73.